The lowest BCUT2D eigenvalue weighted by Gasteiger charge is -2.08. The summed E-state index contributed by atoms with van der Waals surface area (Å²) in [5.41, 5.74) is 1.44. The number of amides is 1. The van der Waals surface area contributed by atoms with Gasteiger partial charge >= 0.3 is 5.97 Å². The predicted octanol–water partition coefficient (Wildman–Crippen LogP) is 2.65. The lowest BCUT2D eigenvalue weighted by atomic mass is 10.1. The Kier molecular flexibility index (Phi) is 6.82. The molecule has 0 radical (unpaired) electrons. The van der Waals surface area contributed by atoms with E-state index < -0.39 is 18.5 Å². The van der Waals surface area contributed by atoms with Gasteiger partial charge in [-0.1, -0.05) is 12.1 Å². The van der Waals surface area contributed by atoms with E-state index in [9.17, 15) is 19.2 Å². The summed E-state index contributed by atoms with van der Waals surface area (Å²) in [5.74, 6) is -1.03. The molecule has 0 aromatic heterocycles. The maximum absolute atomic E-state index is 11.8. The van der Waals surface area contributed by atoms with Gasteiger partial charge in [-0.05, 0) is 50.2 Å². The minimum absolute atomic E-state index is 0.0687. The Balaban J connectivity index is 1.76. The molecule has 0 bridgehead atoms. The van der Waals surface area contributed by atoms with E-state index in [1.807, 2.05) is 0 Å². The maximum Gasteiger partial charge on any atom is 0.344 e. The molecule has 0 atom stereocenters. The van der Waals surface area contributed by atoms with Crippen LogP contribution in [0, 0.1) is 0 Å². The van der Waals surface area contributed by atoms with E-state index in [1.165, 1.54) is 19.9 Å². The molecule has 7 nitrogen and oxygen atoms in total. The van der Waals surface area contributed by atoms with Crippen LogP contribution in [0.25, 0.3) is 0 Å². The molecule has 0 heterocycles. The van der Waals surface area contributed by atoms with Gasteiger partial charge in [-0.3, -0.25) is 14.4 Å². The quantitative estimate of drug-likeness (QED) is 0.567. The molecule has 2 aromatic carbocycles. The topological polar surface area (TPSA) is 98.8 Å². The van der Waals surface area contributed by atoms with Crippen molar-refractivity contribution < 1.29 is 28.7 Å². The number of rotatable bonds is 8. The third kappa shape index (κ3) is 6.39. The Morgan fingerprint density at radius 2 is 1.52 bits per heavy atom. The normalized spacial score (nSPS) is 10.0. The Bertz CT molecular complexity index is 857. The molecule has 140 valence electrons. The van der Waals surface area contributed by atoms with E-state index in [0.29, 0.717) is 22.6 Å². The lowest BCUT2D eigenvalue weighted by molar-refractivity contribution is -0.149. The summed E-state index contributed by atoms with van der Waals surface area (Å²) in [7, 11) is 0. The summed E-state index contributed by atoms with van der Waals surface area (Å²) < 4.78 is 10.1. The summed E-state index contributed by atoms with van der Waals surface area (Å²) in [4.78, 5) is 46.0. The Labute approximate surface area is 156 Å². The van der Waals surface area contributed by atoms with Crippen LogP contribution in [0.1, 0.15) is 34.6 Å². The van der Waals surface area contributed by atoms with Crippen molar-refractivity contribution >= 4 is 29.1 Å². The van der Waals surface area contributed by atoms with Crippen LogP contribution in [0.4, 0.5) is 5.69 Å². The second-order valence-electron chi connectivity index (χ2n) is 5.72. The third-order valence-corrected chi connectivity index (χ3v) is 3.53. The monoisotopic (exact) mass is 369 g/mol. The molecular weight excluding hydrogens is 350 g/mol. The number of ether oxygens (including phenoxy) is 2. The number of nitrogens with one attached hydrogen (secondary N) is 1. The van der Waals surface area contributed by atoms with Gasteiger partial charge in [-0.2, -0.15) is 0 Å². The van der Waals surface area contributed by atoms with Gasteiger partial charge < -0.3 is 14.8 Å². The second-order valence-corrected chi connectivity index (χ2v) is 5.72. The molecule has 0 aliphatic heterocycles. The lowest BCUT2D eigenvalue weighted by Crippen LogP contribution is -2.23. The highest BCUT2D eigenvalue weighted by atomic mass is 16.6. The zero-order valence-corrected chi connectivity index (χ0v) is 15.0. The summed E-state index contributed by atoms with van der Waals surface area (Å²) in [6, 6.07) is 12.8. The van der Waals surface area contributed by atoms with Crippen molar-refractivity contribution in [1.29, 1.82) is 0 Å². The second kappa shape index (κ2) is 9.28. The van der Waals surface area contributed by atoms with Gasteiger partial charge in [0.25, 0.3) is 5.91 Å². The standard InChI is InChI=1S/C20H19NO6/c1-13(22)15-6-8-18(9-7-15)26-12-20(25)27-11-19(24)21-17-5-3-4-16(10-17)14(2)23/h3-10H,11-12H2,1-2H3,(H,21,24). The van der Waals surface area contributed by atoms with Gasteiger partial charge in [-0.15, -0.1) is 0 Å². The van der Waals surface area contributed by atoms with Crippen molar-refractivity contribution in [3.8, 4) is 5.75 Å². The van der Waals surface area contributed by atoms with Crippen molar-refractivity contribution in [2.45, 2.75) is 13.8 Å². The van der Waals surface area contributed by atoms with E-state index in [0.717, 1.165) is 0 Å². The predicted molar refractivity (Wildman–Crippen MR) is 98.0 cm³/mol. The average Bonchev–Trinajstić information content (AvgIpc) is 2.65. The first kappa shape index (κ1) is 19.8. The van der Waals surface area contributed by atoms with Crippen LogP contribution in [-0.2, 0) is 14.3 Å². The van der Waals surface area contributed by atoms with Crippen molar-refractivity contribution in [1.82, 2.24) is 0 Å². The van der Waals surface area contributed by atoms with E-state index in [4.69, 9.17) is 9.47 Å². The van der Waals surface area contributed by atoms with Gasteiger partial charge in [-0.25, -0.2) is 4.79 Å². The summed E-state index contributed by atoms with van der Waals surface area (Å²) >= 11 is 0. The molecule has 7 heteroatoms. The SMILES string of the molecule is CC(=O)c1ccc(OCC(=O)OCC(=O)Nc2cccc(C(C)=O)c2)cc1. The Morgan fingerprint density at radius 1 is 0.852 bits per heavy atom. The average molecular weight is 369 g/mol. The molecule has 0 aliphatic carbocycles. The highest BCUT2D eigenvalue weighted by Crippen LogP contribution is 2.13. The summed E-state index contributed by atoms with van der Waals surface area (Å²) in [6.45, 7) is 2.04. The van der Waals surface area contributed by atoms with Gasteiger partial charge in [0, 0.05) is 16.8 Å². The molecule has 1 amide bonds. The van der Waals surface area contributed by atoms with Crippen LogP contribution in [0.5, 0.6) is 5.75 Å². The van der Waals surface area contributed by atoms with E-state index in [-0.39, 0.29) is 18.2 Å². The number of ketones is 2. The van der Waals surface area contributed by atoms with Crippen molar-refractivity contribution in [3.63, 3.8) is 0 Å². The number of benzene rings is 2. The fourth-order valence-electron chi connectivity index (χ4n) is 2.13. The van der Waals surface area contributed by atoms with Crippen LogP contribution in [-0.4, -0.2) is 36.7 Å². The number of Topliss-reactive ketones (excluding diaryl/α,β-unsaturated/α-hetero) is 2. The van der Waals surface area contributed by atoms with Gasteiger partial charge in [0.05, 0.1) is 0 Å². The minimum Gasteiger partial charge on any atom is -0.482 e. The van der Waals surface area contributed by atoms with E-state index in [1.54, 1.807) is 42.5 Å². The van der Waals surface area contributed by atoms with Gasteiger partial charge in [0.15, 0.2) is 24.8 Å². The van der Waals surface area contributed by atoms with Crippen LogP contribution in [0.3, 0.4) is 0 Å². The summed E-state index contributed by atoms with van der Waals surface area (Å²) in [6.07, 6.45) is 0. The molecule has 0 saturated heterocycles. The van der Waals surface area contributed by atoms with Crippen LogP contribution < -0.4 is 10.1 Å². The first-order valence-electron chi connectivity index (χ1n) is 8.15. The number of carbonyl (C=O) groups excluding carboxylic acids is 4. The number of hydrogen-bond acceptors (Lipinski definition) is 6. The fourth-order valence-corrected chi connectivity index (χ4v) is 2.13. The van der Waals surface area contributed by atoms with Crippen LogP contribution in [0.15, 0.2) is 48.5 Å². The highest BCUT2D eigenvalue weighted by Gasteiger charge is 2.10. The van der Waals surface area contributed by atoms with Gasteiger partial charge in [0.1, 0.15) is 5.75 Å². The summed E-state index contributed by atoms with van der Waals surface area (Å²) in [5, 5.41) is 2.54. The molecule has 0 fully saturated rings. The molecule has 0 spiro atoms. The zero-order chi connectivity index (χ0) is 19.8. The van der Waals surface area contributed by atoms with Crippen LogP contribution >= 0.6 is 0 Å². The van der Waals surface area contributed by atoms with Gasteiger partial charge in [0.2, 0.25) is 0 Å². The first-order chi connectivity index (χ1) is 12.8. The maximum atomic E-state index is 11.8. The molecule has 2 rings (SSSR count). The molecule has 0 saturated carbocycles. The third-order valence-electron chi connectivity index (χ3n) is 3.53. The van der Waals surface area contributed by atoms with E-state index >= 15 is 0 Å². The molecule has 0 unspecified atom stereocenters. The zero-order valence-electron chi connectivity index (χ0n) is 15.0. The molecule has 0 aliphatic rings. The van der Waals surface area contributed by atoms with Crippen molar-refractivity contribution in [2.75, 3.05) is 18.5 Å². The Hall–Kier alpha value is -3.48. The fraction of sp³-hybridized carbons (Fsp3) is 0.200. The number of esters is 1. The number of anilines is 1. The molecule has 2 aromatic rings. The van der Waals surface area contributed by atoms with Crippen LogP contribution in [0.2, 0.25) is 0 Å². The molecule has 27 heavy (non-hydrogen) atoms. The van der Waals surface area contributed by atoms with Crippen molar-refractivity contribution in [2.24, 2.45) is 0 Å². The van der Waals surface area contributed by atoms with E-state index in [2.05, 4.69) is 5.32 Å². The highest BCUT2D eigenvalue weighted by molar-refractivity contribution is 5.97. The van der Waals surface area contributed by atoms with Crippen molar-refractivity contribution in [3.05, 3.63) is 59.7 Å². The minimum atomic E-state index is -0.710. The molecule has 1 N–H and O–H groups in total. The first-order valence-corrected chi connectivity index (χ1v) is 8.15. The smallest absolute Gasteiger partial charge is 0.344 e. The molecular formula is C20H19NO6. The Morgan fingerprint density at radius 3 is 2.15 bits per heavy atom. The number of hydrogen-bond donors (Lipinski definition) is 1. The largest absolute Gasteiger partial charge is 0.482 e. The number of carbonyl (C=O) groups is 4.